The molecule has 1 N–H and O–H groups in total. The van der Waals surface area contributed by atoms with Gasteiger partial charge in [-0.05, 0) is 49.5 Å². The molecule has 0 aliphatic carbocycles. The lowest BCUT2D eigenvalue weighted by atomic mass is 10.0. The van der Waals surface area contributed by atoms with Crippen molar-refractivity contribution in [1.82, 2.24) is 4.48 Å². The maximum absolute atomic E-state index is 13.1. The van der Waals surface area contributed by atoms with Crippen molar-refractivity contribution in [1.29, 1.82) is 0 Å². The molecule has 0 aromatic heterocycles. The van der Waals surface area contributed by atoms with Crippen LogP contribution in [0.2, 0.25) is 0 Å². The van der Waals surface area contributed by atoms with E-state index in [2.05, 4.69) is 6.58 Å². The molecule has 1 aliphatic heterocycles. The molecule has 1 saturated heterocycles. The quantitative estimate of drug-likeness (QED) is 0.291. The number of thioether (sulfide) groups is 1. The number of rotatable bonds is 7. The van der Waals surface area contributed by atoms with Crippen LogP contribution in [0, 0.1) is 0 Å². The van der Waals surface area contributed by atoms with Crippen molar-refractivity contribution in [2.45, 2.75) is 26.7 Å². The van der Waals surface area contributed by atoms with Gasteiger partial charge in [0.05, 0.1) is 5.56 Å². The molecule has 1 unspecified atom stereocenters. The third kappa shape index (κ3) is 3.73. The molecule has 7 heteroatoms. The number of quaternary nitrogens is 1. The zero-order chi connectivity index (χ0) is 21.2. The fourth-order valence-electron chi connectivity index (χ4n) is 3.31. The van der Waals surface area contributed by atoms with E-state index in [1.807, 2.05) is 37.3 Å². The number of benzene rings is 2. The Kier molecular flexibility index (Phi) is 6.21. The second-order valence-electron chi connectivity index (χ2n) is 6.76. The van der Waals surface area contributed by atoms with Crippen LogP contribution in [0.25, 0.3) is 0 Å². The van der Waals surface area contributed by atoms with Crippen molar-refractivity contribution in [2.24, 2.45) is 0 Å². The fourth-order valence-corrected chi connectivity index (χ4v) is 4.70. The zero-order valence-corrected chi connectivity index (χ0v) is 17.9. The smallest absolute Gasteiger partial charge is 0.366 e. The van der Waals surface area contributed by atoms with Gasteiger partial charge in [-0.15, -0.1) is 4.48 Å². The summed E-state index contributed by atoms with van der Waals surface area (Å²) in [5.41, 5.74) is 1.50. The molecular formula is C22H22NO4S2+. The molecule has 29 heavy (non-hydrogen) atoms. The number of Topliss-reactive ketones (excluding diaryl/α,β-unsaturated/α-hetero) is 1. The number of ether oxygens (including phenoxy) is 1. The highest BCUT2D eigenvalue weighted by atomic mass is 32.2. The Balaban J connectivity index is 2.03. The topological polar surface area (TPSA) is 63.6 Å². The van der Waals surface area contributed by atoms with Gasteiger partial charge >= 0.3 is 5.91 Å². The van der Waals surface area contributed by atoms with E-state index >= 15 is 0 Å². The summed E-state index contributed by atoms with van der Waals surface area (Å²) in [6, 6.07) is 12.4. The van der Waals surface area contributed by atoms with E-state index in [9.17, 15) is 14.7 Å². The Morgan fingerprint density at radius 3 is 2.48 bits per heavy atom. The van der Waals surface area contributed by atoms with Gasteiger partial charge in [0.25, 0.3) is 4.32 Å². The highest BCUT2D eigenvalue weighted by molar-refractivity contribution is 8.27. The van der Waals surface area contributed by atoms with Gasteiger partial charge in [-0.25, -0.2) is 4.79 Å². The van der Waals surface area contributed by atoms with Crippen LogP contribution < -0.4 is 9.22 Å². The first-order chi connectivity index (χ1) is 13.8. The first-order valence-electron chi connectivity index (χ1n) is 9.21. The zero-order valence-electron chi connectivity index (χ0n) is 16.3. The van der Waals surface area contributed by atoms with Crippen molar-refractivity contribution in [3.63, 3.8) is 0 Å². The molecule has 150 valence electrons. The second-order valence-corrected chi connectivity index (χ2v) is 8.49. The molecule has 3 rings (SSSR count). The van der Waals surface area contributed by atoms with Crippen molar-refractivity contribution in [2.75, 3.05) is 6.73 Å². The molecule has 1 heterocycles. The molecule has 1 fully saturated rings. The minimum absolute atomic E-state index is 0.0662. The monoisotopic (exact) mass is 428 g/mol. The van der Waals surface area contributed by atoms with E-state index in [0.29, 0.717) is 32.6 Å². The second kappa shape index (κ2) is 8.49. The Bertz CT molecular complexity index is 1000. The molecule has 5 nitrogen and oxygen atoms in total. The predicted octanol–water partition coefficient (Wildman–Crippen LogP) is 4.96. The van der Waals surface area contributed by atoms with Crippen LogP contribution in [-0.4, -0.2) is 27.8 Å². The maximum Gasteiger partial charge on any atom is 0.366 e. The summed E-state index contributed by atoms with van der Waals surface area (Å²) in [5, 5.41) is 10.6. The molecular weight excluding hydrogens is 406 g/mol. The van der Waals surface area contributed by atoms with Gasteiger partial charge in [0.2, 0.25) is 6.73 Å². The van der Waals surface area contributed by atoms with E-state index in [1.165, 1.54) is 24.8 Å². The number of para-hydroxylation sites is 1. The Labute approximate surface area is 179 Å². The third-order valence-electron chi connectivity index (χ3n) is 4.84. The average molecular weight is 429 g/mol. The number of hydrogen-bond acceptors (Lipinski definition) is 6. The molecule has 0 saturated carbocycles. The number of hydrogen-bond donors (Lipinski definition) is 1. The number of aromatic hydroxyl groups is 1. The van der Waals surface area contributed by atoms with Gasteiger partial charge in [-0.3, -0.25) is 4.79 Å². The van der Waals surface area contributed by atoms with Crippen LogP contribution in [0.5, 0.6) is 11.5 Å². The SMILES string of the molecule is C=C1SC(=S)[N+](COc2ccc(C(C)=O)c(O)c2CCC)(c2ccccc2)C1=O. The van der Waals surface area contributed by atoms with E-state index < -0.39 is 0 Å². The molecule has 1 atom stereocenters. The summed E-state index contributed by atoms with van der Waals surface area (Å²) >= 11 is 6.72. The lowest BCUT2D eigenvalue weighted by Crippen LogP contribution is -2.55. The largest absolute Gasteiger partial charge is 0.507 e. The van der Waals surface area contributed by atoms with Crippen LogP contribution in [0.1, 0.15) is 36.2 Å². The lowest BCUT2D eigenvalue weighted by molar-refractivity contribution is -0.123. The fraction of sp³-hybridized carbons (Fsp3) is 0.227. The molecule has 2 aromatic rings. The van der Waals surface area contributed by atoms with Crippen LogP contribution >= 0.6 is 24.0 Å². The van der Waals surface area contributed by atoms with Gasteiger partial charge in [-0.1, -0.05) is 38.1 Å². The van der Waals surface area contributed by atoms with Crippen molar-refractivity contribution in [3.05, 3.63) is 65.1 Å². The molecule has 0 bridgehead atoms. The average Bonchev–Trinajstić information content (AvgIpc) is 2.92. The van der Waals surface area contributed by atoms with E-state index in [-0.39, 0.29) is 34.2 Å². The molecule has 1 amide bonds. The van der Waals surface area contributed by atoms with Crippen LogP contribution in [0.15, 0.2) is 53.9 Å². The number of nitrogens with zero attached hydrogens (tertiary/aromatic N) is 1. The van der Waals surface area contributed by atoms with E-state index in [0.717, 1.165) is 6.42 Å². The first-order valence-corrected chi connectivity index (χ1v) is 10.4. The number of carbonyl (C=O) groups excluding carboxylic acids is 2. The third-order valence-corrected chi connectivity index (χ3v) is 6.31. The number of carbonyl (C=O) groups is 2. The highest BCUT2D eigenvalue weighted by Crippen LogP contribution is 2.41. The number of amides is 1. The molecule has 0 radical (unpaired) electrons. The predicted molar refractivity (Wildman–Crippen MR) is 120 cm³/mol. The van der Waals surface area contributed by atoms with Gasteiger partial charge in [-0.2, -0.15) is 0 Å². The van der Waals surface area contributed by atoms with Gasteiger partial charge in [0, 0.05) is 17.7 Å². The number of phenolic OH excluding ortho intramolecular Hbond substituents is 1. The number of ketones is 1. The first kappa shape index (κ1) is 21.2. The lowest BCUT2D eigenvalue weighted by Gasteiger charge is -2.29. The Morgan fingerprint density at radius 2 is 1.93 bits per heavy atom. The minimum atomic E-state index is -0.277. The van der Waals surface area contributed by atoms with Crippen LogP contribution in [0.4, 0.5) is 5.69 Å². The van der Waals surface area contributed by atoms with Gasteiger partial charge in [0.1, 0.15) is 22.1 Å². The summed E-state index contributed by atoms with van der Waals surface area (Å²) in [4.78, 5) is 25.2. The molecule has 0 spiro atoms. The normalized spacial score (nSPS) is 18.9. The molecule has 2 aromatic carbocycles. The van der Waals surface area contributed by atoms with E-state index in [1.54, 1.807) is 6.07 Å². The summed E-state index contributed by atoms with van der Waals surface area (Å²) in [5.74, 6) is -0.0891. The summed E-state index contributed by atoms with van der Waals surface area (Å²) in [7, 11) is 0. The number of phenols is 1. The van der Waals surface area contributed by atoms with Crippen molar-refractivity contribution in [3.8, 4) is 11.5 Å². The van der Waals surface area contributed by atoms with Crippen molar-refractivity contribution >= 4 is 45.7 Å². The standard InChI is InChI=1S/C22H21NO4S2/c1-4-8-18-19(12-11-17(14(2)24)20(18)25)27-13-23(16-9-6-5-7-10-16)21(26)15(3)29-22(23)28/h5-7,9-12H,3-4,8,13H2,1-2H3/p+1. The summed E-state index contributed by atoms with van der Waals surface area (Å²) in [6.45, 7) is 7.15. The van der Waals surface area contributed by atoms with Gasteiger partial charge < -0.3 is 9.84 Å². The summed E-state index contributed by atoms with van der Waals surface area (Å²) in [6.07, 6.45) is 1.29. The van der Waals surface area contributed by atoms with Crippen LogP contribution in [-0.2, 0) is 11.2 Å². The van der Waals surface area contributed by atoms with Gasteiger partial charge in [0.15, 0.2) is 5.78 Å². The van der Waals surface area contributed by atoms with E-state index in [4.69, 9.17) is 17.0 Å². The van der Waals surface area contributed by atoms with Crippen LogP contribution in [0.3, 0.4) is 0 Å². The minimum Gasteiger partial charge on any atom is -0.507 e. The Hall–Kier alpha value is -2.48. The molecule has 1 aliphatic rings. The van der Waals surface area contributed by atoms with Crippen molar-refractivity contribution < 1.29 is 19.4 Å². The summed E-state index contributed by atoms with van der Waals surface area (Å²) < 4.78 is 6.23. The Morgan fingerprint density at radius 1 is 1.24 bits per heavy atom. The maximum atomic E-state index is 13.1. The number of thiocarbonyl (C=S) groups is 1. The highest BCUT2D eigenvalue weighted by Gasteiger charge is 2.53.